The van der Waals surface area contributed by atoms with Gasteiger partial charge >= 0.3 is 0 Å². The molecule has 0 spiro atoms. The quantitative estimate of drug-likeness (QED) is 0.588. The van der Waals surface area contributed by atoms with E-state index in [0.717, 1.165) is 25.7 Å². The summed E-state index contributed by atoms with van der Waals surface area (Å²) in [6.07, 6.45) is 5.62. The minimum absolute atomic E-state index is 0.635. The van der Waals surface area contributed by atoms with E-state index in [2.05, 4.69) is 26.0 Å². The summed E-state index contributed by atoms with van der Waals surface area (Å²) in [7, 11) is 0. The number of unbranched alkanes of at least 4 members (excludes halogenated alkanes) is 2. The molecule has 84 valence electrons. The maximum Gasteiger partial charge on any atom is 0.0621 e. The highest BCUT2D eigenvalue weighted by Crippen LogP contribution is 2.24. The Morgan fingerprint density at radius 3 is 1.67 bits per heavy atom. The van der Waals surface area contributed by atoms with Gasteiger partial charge < -0.3 is 0 Å². The van der Waals surface area contributed by atoms with Gasteiger partial charge in [0.15, 0.2) is 0 Å². The number of hydrogen-bond donors (Lipinski definition) is 0. The van der Waals surface area contributed by atoms with Crippen molar-refractivity contribution < 1.29 is 0 Å². The molecule has 0 aromatic carbocycles. The molecule has 2 atom stereocenters. The molecule has 0 aliphatic rings. The molecule has 0 radical (unpaired) electrons. The SMILES string of the molecule is CC(CCCC#N)SC(C)CCCC#N. The summed E-state index contributed by atoms with van der Waals surface area (Å²) < 4.78 is 0. The molecule has 0 saturated heterocycles. The van der Waals surface area contributed by atoms with Gasteiger partial charge in [-0.3, -0.25) is 0 Å². The van der Waals surface area contributed by atoms with Gasteiger partial charge in [0, 0.05) is 23.3 Å². The molecule has 3 heteroatoms. The van der Waals surface area contributed by atoms with E-state index in [4.69, 9.17) is 10.5 Å². The minimum atomic E-state index is 0.635. The Kier molecular flexibility index (Phi) is 9.43. The van der Waals surface area contributed by atoms with Crippen molar-refractivity contribution >= 4 is 11.8 Å². The molecule has 0 fully saturated rings. The molecule has 2 nitrogen and oxygen atoms in total. The second-order valence-electron chi connectivity index (χ2n) is 3.86. The lowest BCUT2D eigenvalue weighted by Gasteiger charge is -2.16. The average molecular weight is 224 g/mol. The average Bonchev–Trinajstić information content (AvgIpc) is 2.18. The molecular formula is C12H20N2S. The number of rotatable bonds is 8. The second-order valence-corrected chi connectivity index (χ2v) is 5.74. The van der Waals surface area contributed by atoms with Gasteiger partial charge in [-0.2, -0.15) is 22.3 Å². The summed E-state index contributed by atoms with van der Waals surface area (Å²) in [6.45, 7) is 4.45. The van der Waals surface area contributed by atoms with Crippen molar-refractivity contribution in [2.24, 2.45) is 0 Å². The van der Waals surface area contributed by atoms with E-state index in [1.54, 1.807) is 0 Å². The van der Waals surface area contributed by atoms with Crippen LogP contribution < -0.4 is 0 Å². The number of nitrogens with zero attached hydrogens (tertiary/aromatic N) is 2. The van der Waals surface area contributed by atoms with Crippen molar-refractivity contribution in [3.8, 4) is 12.1 Å². The Morgan fingerprint density at radius 1 is 0.933 bits per heavy atom. The molecule has 0 heterocycles. The molecule has 0 aliphatic heterocycles. The van der Waals surface area contributed by atoms with Crippen LogP contribution in [0.1, 0.15) is 52.4 Å². The molecule has 0 amide bonds. The Bertz CT molecular complexity index is 203. The van der Waals surface area contributed by atoms with Crippen LogP contribution in [0.15, 0.2) is 0 Å². The summed E-state index contributed by atoms with van der Waals surface area (Å²) in [5, 5.41) is 18.1. The maximum absolute atomic E-state index is 8.42. The van der Waals surface area contributed by atoms with E-state index in [1.165, 1.54) is 0 Å². The Morgan fingerprint density at radius 2 is 1.33 bits per heavy atom. The van der Waals surface area contributed by atoms with E-state index in [-0.39, 0.29) is 0 Å². The lowest BCUT2D eigenvalue weighted by Crippen LogP contribution is -2.04. The first-order valence-electron chi connectivity index (χ1n) is 5.60. The fourth-order valence-corrected chi connectivity index (χ4v) is 2.87. The Hall–Kier alpha value is -0.670. The first-order chi connectivity index (χ1) is 7.20. The van der Waals surface area contributed by atoms with E-state index >= 15 is 0 Å². The molecule has 15 heavy (non-hydrogen) atoms. The molecule has 0 N–H and O–H groups in total. The van der Waals surface area contributed by atoms with Gasteiger partial charge in [-0.15, -0.1) is 0 Å². The van der Waals surface area contributed by atoms with Crippen molar-refractivity contribution in [2.75, 3.05) is 0 Å². The van der Waals surface area contributed by atoms with Crippen LogP contribution in [0.2, 0.25) is 0 Å². The van der Waals surface area contributed by atoms with Gasteiger partial charge in [-0.05, 0) is 25.7 Å². The third-order valence-electron chi connectivity index (χ3n) is 2.26. The molecule has 0 aromatic heterocycles. The first-order valence-corrected chi connectivity index (χ1v) is 6.54. The van der Waals surface area contributed by atoms with E-state index in [0.29, 0.717) is 23.3 Å². The topological polar surface area (TPSA) is 47.6 Å². The number of hydrogen-bond acceptors (Lipinski definition) is 3. The van der Waals surface area contributed by atoms with Crippen molar-refractivity contribution in [1.29, 1.82) is 10.5 Å². The summed E-state index contributed by atoms with van der Waals surface area (Å²) in [5.74, 6) is 0. The molecule has 0 aliphatic carbocycles. The molecule has 0 saturated carbocycles. The first kappa shape index (κ1) is 14.3. The predicted octanol–water partition coefficient (Wildman–Crippen LogP) is 3.88. The zero-order valence-electron chi connectivity index (χ0n) is 9.70. The van der Waals surface area contributed by atoms with Gasteiger partial charge in [0.1, 0.15) is 0 Å². The summed E-state index contributed by atoms with van der Waals surface area (Å²) >= 11 is 1.98. The lowest BCUT2D eigenvalue weighted by atomic mass is 10.2. The van der Waals surface area contributed by atoms with Crippen LogP contribution in [-0.2, 0) is 0 Å². The molecular weight excluding hydrogens is 204 g/mol. The van der Waals surface area contributed by atoms with Crippen LogP contribution in [0.5, 0.6) is 0 Å². The molecule has 2 unspecified atom stereocenters. The monoisotopic (exact) mass is 224 g/mol. The van der Waals surface area contributed by atoms with Crippen molar-refractivity contribution in [3.05, 3.63) is 0 Å². The van der Waals surface area contributed by atoms with Gasteiger partial charge in [-0.25, -0.2) is 0 Å². The Balaban J connectivity index is 3.45. The van der Waals surface area contributed by atoms with Crippen molar-refractivity contribution in [3.63, 3.8) is 0 Å². The summed E-state index contributed by atoms with van der Waals surface area (Å²) in [4.78, 5) is 0. The highest BCUT2D eigenvalue weighted by atomic mass is 32.2. The van der Waals surface area contributed by atoms with Gasteiger partial charge in [0.05, 0.1) is 12.1 Å². The van der Waals surface area contributed by atoms with Gasteiger partial charge in [0.25, 0.3) is 0 Å². The van der Waals surface area contributed by atoms with Crippen LogP contribution in [0.4, 0.5) is 0 Å². The van der Waals surface area contributed by atoms with E-state index in [1.807, 2.05) is 11.8 Å². The summed E-state index contributed by atoms with van der Waals surface area (Å²) in [5.41, 5.74) is 0. The van der Waals surface area contributed by atoms with E-state index < -0.39 is 0 Å². The summed E-state index contributed by atoms with van der Waals surface area (Å²) in [6, 6.07) is 4.35. The molecule has 0 rings (SSSR count). The minimum Gasteiger partial charge on any atom is -0.198 e. The Labute approximate surface area is 97.7 Å². The fraction of sp³-hybridized carbons (Fsp3) is 0.833. The number of nitriles is 2. The molecule has 0 aromatic rings. The standard InChI is InChI=1S/C12H20N2S/c1-11(7-3-5-9-13)15-12(2)8-4-6-10-14/h11-12H,3-8H2,1-2H3. The zero-order valence-corrected chi connectivity index (χ0v) is 10.5. The largest absolute Gasteiger partial charge is 0.198 e. The normalized spacial score (nSPS) is 13.9. The fourth-order valence-electron chi connectivity index (χ4n) is 1.47. The van der Waals surface area contributed by atoms with Crippen molar-refractivity contribution in [2.45, 2.75) is 62.9 Å². The van der Waals surface area contributed by atoms with Crippen LogP contribution in [0.3, 0.4) is 0 Å². The van der Waals surface area contributed by atoms with Crippen LogP contribution in [0.25, 0.3) is 0 Å². The molecule has 0 bridgehead atoms. The zero-order chi connectivity index (χ0) is 11.5. The smallest absolute Gasteiger partial charge is 0.0621 e. The second kappa shape index (κ2) is 9.87. The number of thioether (sulfide) groups is 1. The lowest BCUT2D eigenvalue weighted by molar-refractivity contribution is 0.720. The van der Waals surface area contributed by atoms with Crippen LogP contribution in [-0.4, -0.2) is 10.5 Å². The maximum atomic E-state index is 8.42. The highest BCUT2D eigenvalue weighted by molar-refractivity contribution is 8.00. The van der Waals surface area contributed by atoms with Crippen LogP contribution in [0, 0.1) is 22.7 Å². The van der Waals surface area contributed by atoms with E-state index in [9.17, 15) is 0 Å². The van der Waals surface area contributed by atoms with Crippen LogP contribution >= 0.6 is 11.8 Å². The van der Waals surface area contributed by atoms with Gasteiger partial charge in [0.2, 0.25) is 0 Å². The third kappa shape index (κ3) is 9.63. The predicted molar refractivity (Wildman–Crippen MR) is 65.4 cm³/mol. The third-order valence-corrected chi connectivity index (χ3v) is 3.66. The van der Waals surface area contributed by atoms with Gasteiger partial charge in [-0.1, -0.05) is 13.8 Å². The highest BCUT2D eigenvalue weighted by Gasteiger charge is 2.08. The van der Waals surface area contributed by atoms with Crippen molar-refractivity contribution in [1.82, 2.24) is 0 Å².